The Morgan fingerprint density at radius 2 is 2.00 bits per heavy atom. The Kier molecular flexibility index (Phi) is 4.96. The molecule has 1 aliphatic rings. The van der Waals surface area contributed by atoms with Gasteiger partial charge in [0.1, 0.15) is 42.2 Å². The molecule has 5 atom stereocenters. The van der Waals surface area contributed by atoms with E-state index in [0.717, 1.165) is 0 Å². The lowest BCUT2D eigenvalue weighted by atomic mass is 9.95. The van der Waals surface area contributed by atoms with Crippen LogP contribution in [0, 0.1) is 0 Å². The van der Waals surface area contributed by atoms with Crippen LogP contribution in [0.4, 0.5) is 5.82 Å². The van der Waals surface area contributed by atoms with Gasteiger partial charge in [0, 0.05) is 11.2 Å². The number of fused-ring (bicyclic) bond motifs is 1. The van der Waals surface area contributed by atoms with Gasteiger partial charge < -0.3 is 35.5 Å². The molecule has 1 fully saturated rings. The van der Waals surface area contributed by atoms with E-state index in [1.807, 2.05) is 0 Å². The number of hydrogen-bond donors (Lipinski definition) is 5. The molecule has 0 saturated carbocycles. The summed E-state index contributed by atoms with van der Waals surface area (Å²) in [6.45, 7) is -0.323. The first-order valence-electron chi connectivity index (χ1n) is 8.58. The Labute approximate surface area is 164 Å². The van der Waals surface area contributed by atoms with Gasteiger partial charge in [0.15, 0.2) is 6.23 Å². The zero-order valence-electron chi connectivity index (χ0n) is 14.6. The fourth-order valence-corrected chi connectivity index (χ4v) is 3.71. The van der Waals surface area contributed by atoms with E-state index in [1.54, 1.807) is 24.4 Å². The van der Waals surface area contributed by atoms with Crippen molar-refractivity contribution in [2.75, 3.05) is 5.73 Å². The highest BCUT2D eigenvalue weighted by Gasteiger charge is 2.47. The van der Waals surface area contributed by atoms with Gasteiger partial charge in [-0.3, -0.25) is 0 Å². The van der Waals surface area contributed by atoms with Crippen LogP contribution in [0.5, 0.6) is 0 Å². The minimum absolute atomic E-state index is 0.278. The van der Waals surface area contributed by atoms with Gasteiger partial charge in [-0.15, -0.1) is 0 Å². The van der Waals surface area contributed by atoms with Crippen LogP contribution in [0.25, 0.3) is 11.0 Å². The zero-order valence-corrected chi connectivity index (χ0v) is 15.3. The molecule has 1 aliphatic heterocycles. The third kappa shape index (κ3) is 3.02. The molecule has 10 heteroatoms. The molecule has 0 bridgehead atoms. The van der Waals surface area contributed by atoms with Crippen molar-refractivity contribution in [1.82, 2.24) is 14.5 Å². The van der Waals surface area contributed by atoms with Crippen LogP contribution in [-0.4, -0.2) is 53.3 Å². The van der Waals surface area contributed by atoms with Gasteiger partial charge in [0.2, 0.25) is 0 Å². The summed E-state index contributed by atoms with van der Waals surface area (Å²) in [7, 11) is 0. The quantitative estimate of drug-likeness (QED) is 0.421. The number of halogens is 1. The van der Waals surface area contributed by atoms with Crippen LogP contribution in [0.15, 0.2) is 36.8 Å². The third-order valence-corrected chi connectivity index (χ3v) is 5.23. The van der Waals surface area contributed by atoms with Crippen LogP contribution in [0.1, 0.15) is 23.5 Å². The lowest BCUT2D eigenvalue weighted by Crippen LogP contribution is -2.35. The predicted molar refractivity (Wildman–Crippen MR) is 100 cm³/mol. The number of nitrogens with two attached hydrogens (primary N) is 1. The van der Waals surface area contributed by atoms with Crippen LogP contribution in [0.3, 0.4) is 0 Å². The minimum Gasteiger partial charge on any atom is -0.392 e. The zero-order chi connectivity index (χ0) is 20.0. The van der Waals surface area contributed by atoms with Gasteiger partial charge in [-0.2, -0.15) is 0 Å². The number of benzene rings is 1. The highest BCUT2D eigenvalue weighted by molar-refractivity contribution is 6.30. The molecule has 0 radical (unpaired) electrons. The molecule has 3 heterocycles. The fraction of sp³-hybridized carbons (Fsp3) is 0.333. The lowest BCUT2D eigenvalue weighted by Gasteiger charge is -2.23. The van der Waals surface area contributed by atoms with E-state index >= 15 is 0 Å². The van der Waals surface area contributed by atoms with Gasteiger partial charge in [0.25, 0.3) is 0 Å². The molecule has 9 nitrogen and oxygen atoms in total. The smallest absolute Gasteiger partial charge is 0.164 e. The Bertz CT molecular complexity index is 1010. The number of anilines is 1. The number of aliphatic hydroxyl groups excluding tert-OH is 4. The molecule has 3 aromatic rings. The van der Waals surface area contributed by atoms with Crippen molar-refractivity contribution < 1.29 is 25.2 Å². The largest absolute Gasteiger partial charge is 0.392 e. The maximum absolute atomic E-state index is 10.8. The van der Waals surface area contributed by atoms with Crippen LogP contribution in [-0.2, 0) is 11.3 Å². The number of rotatable bonds is 4. The summed E-state index contributed by atoms with van der Waals surface area (Å²) in [5.41, 5.74) is 7.02. The molecule has 4 rings (SSSR count). The first kappa shape index (κ1) is 19.1. The maximum atomic E-state index is 10.8. The summed E-state index contributed by atoms with van der Waals surface area (Å²) in [5, 5.41) is 42.3. The van der Waals surface area contributed by atoms with E-state index in [4.69, 9.17) is 22.1 Å². The summed E-state index contributed by atoms with van der Waals surface area (Å²) in [6, 6.07) is 6.34. The predicted octanol–water partition coefficient (Wildman–Crippen LogP) is 0.512. The first-order chi connectivity index (χ1) is 13.4. The van der Waals surface area contributed by atoms with Gasteiger partial charge in [-0.1, -0.05) is 17.7 Å². The van der Waals surface area contributed by atoms with Crippen molar-refractivity contribution in [2.24, 2.45) is 0 Å². The van der Waals surface area contributed by atoms with E-state index in [1.165, 1.54) is 17.0 Å². The minimum atomic E-state index is -1.39. The summed E-state index contributed by atoms with van der Waals surface area (Å²) < 4.78 is 7.35. The van der Waals surface area contributed by atoms with Crippen molar-refractivity contribution in [3.63, 3.8) is 0 Å². The second kappa shape index (κ2) is 7.28. The Morgan fingerprint density at radius 1 is 1.21 bits per heavy atom. The van der Waals surface area contributed by atoms with Gasteiger partial charge in [-0.25, -0.2) is 9.97 Å². The Morgan fingerprint density at radius 3 is 2.75 bits per heavy atom. The molecule has 148 valence electrons. The number of nitrogens with zero attached hydrogens (tertiary/aromatic N) is 3. The highest BCUT2D eigenvalue weighted by atomic mass is 35.5. The average Bonchev–Trinajstić information content (AvgIpc) is 3.24. The van der Waals surface area contributed by atoms with Crippen LogP contribution in [0.2, 0.25) is 5.02 Å². The summed E-state index contributed by atoms with van der Waals surface area (Å²) in [5.74, 6) is 0.278. The molecular weight excluding hydrogens is 388 g/mol. The summed E-state index contributed by atoms with van der Waals surface area (Å²) in [4.78, 5) is 8.08. The molecule has 28 heavy (non-hydrogen) atoms. The van der Waals surface area contributed by atoms with E-state index in [0.29, 0.717) is 27.2 Å². The number of ether oxygens (including phenoxy) is 1. The second-order valence-corrected chi connectivity index (χ2v) is 7.07. The summed E-state index contributed by atoms with van der Waals surface area (Å²) in [6.07, 6.45) is -3.29. The molecule has 2 aromatic heterocycles. The SMILES string of the molecule is Nc1ncnc2c1ccn2[C@@H]1O[C@H](C(O)c2cc(Cl)ccc2CO)[C@@H](O)[C@H]1O. The monoisotopic (exact) mass is 406 g/mol. The second-order valence-electron chi connectivity index (χ2n) is 6.64. The maximum Gasteiger partial charge on any atom is 0.164 e. The fourth-order valence-electron chi connectivity index (χ4n) is 3.53. The van der Waals surface area contributed by atoms with Crippen molar-refractivity contribution in [2.45, 2.75) is 37.3 Å². The number of hydrogen-bond acceptors (Lipinski definition) is 8. The van der Waals surface area contributed by atoms with E-state index in [9.17, 15) is 20.4 Å². The molecule has 0 aliphatic carbocycles. The number of nitrogen functional groups attached to an aromatic ring is 1. The average molecular weight is 407 g/mol. The Hall–Kier alpha value is -2.27. The van der Waals surface area contributed by atoms with Crippen molar-refractivity contribution in [3.8, 4) is 0 Å². The van der Waals surface area contributed by atoms with E-state index < -0.39 is 30.6 Å². The van der Waals surface area contributed by atoms with Crippen LogP contribution >= 0.6 is 11.6 Å². The molecular formula is C18H19ClN4O5. The normalized spacial score (nSPS) is 26.0. The van der Waals surface area contributed by atoms with Gasteiger partial charge in [-0.05, 0) is 29.3 Å². The van der Waals surface area contributed by atoms with Gasteiger partial charge in [0.05, 0.1) is 12.0 Å². The van der Waals surface area contributed by atoms with Crippen LogP contribution < -0.4 is 5.73 Å². The summed E-state index contributed by atoms with van der Waals surface area (Å²) >= 11 is 6.00. The molecule has 6 N–H and O–H groups in total. The lowest BCUT2D eigenvalue weighted by molar-refractivity contribution is -0.0852. The number of aromatic nitrogens is 3. The van der Waals surface area contributed by atoms with E-state index in [2.05, 4.69) is 9.97 Å². The van der Waals surface area contributed by atoms with Crippen molar-refractivity contribution in [1.29, 1.82) is 0 Å². The standard InChI is InChI=1S/C18H19ClN4O5/c19-9-2-1-8(6-24)11(5-9)12(25)15-13(26)14(27)18(28-15)23-4-3-10-16(20)21-7-22-17(10)23/h1-5,7,12-15,18,24-27H,6H2,(H2,20,21,22)/t12?,13-,14+,15+,18+/m0/s1. The van der Waals surface area contributed by atoms with Crippen molar-refractivity contribution >= 4 is 28.5 Å². The number of aliphatic hydroxyl groups is 4. The first-order valence-corrected chi connectivity index (χ1v) is 8.96. The molecule has 0 spiro atoms. The molecule has 1 aromatic carbocycles. The highest BCUT2D eigenvalue weighted by Crippen LogP contribution is 2.39. The molecule has 1 saturated heterocycles. The van der Waals surface area contributed by atoms with Gasteiger partial charge >= 0.3 is 0 Å². The molecule has 0 amide bonds. The molecule has 1 unspecified atom stereocenters. The Balaban J connectivity index is 1.68. The van der Waals surface area contributed by atoms with Crippen molar-refractivity contribution in [3.05, 3.63) is 52.9 Å². The van der Waals surface area contributed by atoms with E-state index in [-0.39, 0.29) is 12.4 Å². The topological polar surface area (TPSA) is 147 Å². The third-order valence-electron chi connectivity index (χ3n) is 5.00.